The van der Waals surface area contributed by atoms with Gasteiger partial charge in [0.05, 0.1) is 36.0 Å². The van der Waals surface area contributed by atoms with Crippen LogP contribution in [0.15, 0.2) is 126 Å². The summed E-state index contributed by atoms with van der Waals surface area (Å²) in [7, 11) is 0. The summed E-state index contributed by atoms with van der Waals surface area (Å²) in [4.78, 5) is 178. The summed E-state index contributed by atoms with van der Waals surface area (Å²) in [5.74, 6) is -16.1. The van der Waals surface area contributed by atoms with Gasteiger partial charge in [0.15, 0.2) is 29.1 Å². The van der Waals surface area contributed by atoms with Gasteiger partial charge in [-0.05, 0) is 111 Å². The second kappa shape index (κ2) is 33.7. The molecular weight excluding hydrogens is 1360 g/mol. The zero-order valence-electron chi connectivity index (χ0n) is 58.2. The molecule has 7 amide bonds. The topological polar surface area (TPSA) is 430 Å². The maximum absolute atomic E-state index is 15.9. The van der Waals surface area contributed by atoms with Crippen LogP contribution in [0.2, 0.25) is 0 Å². The van der Waals surface area contributed by atoms with E-state index in [2.05, 4.69) is 26.6 Å². The molecule has 11 N–H and O–H groups in total. The van der Waals surface area contributed by atoms with Crippen LogP contribution in [-0.4, -0.2) is 166 Å². The third-order valence-electron chi connectivity index (χ3n) is 19.6. The van der Waals surface area contributed by atoms with Crippen molar-refractivity contribution in [3.8, 4) is 0 Å². The fourth-order valence-electron chi connectivity index (χ4n) is 14.0. The molecule has 28 nitrogen and oxygen atoms in total. The molecule has 4 aliphatic rings. The molecule has 4 aromatic carbocycles. The van der Waals surface area contributed by atoms with E-state index in [4.69, 9.17) is 39.9 Å². The van der Waals surface area contributed by atoms with Crippen LogP contribution in [-0.2, 0) is 81.2 Å². The first-order chi connectivity index (χ1) is 49.1. The minimum absolute atomic E-state index is 0.0197. The summed E-state index contributed by atoms with van der Waals surface area (Å²) in [5, 5.41) is 39.0. The van der Waals surface area contributed by atoms with Crippen LogP contribution in [0.4, 0.5) is 8.78 Å². The minimum atomic E-state index is -2.58. The molecule has 2 unspecified atom stereocenters. The number of amides is 7. The maximum atomic E-state index is 15.9. The average molecular weight is 1450 g/mol. The number of ketones is 1. The molecule has 3 fully saturated rings. The molecule has 1 aliphatic heterocycles. The fraction of sp³-hybridized carbons (Fsp3) is 0.446. The van der Waals surface area contributed by atoms with E-state index in [0.717, 1.165) is 32.1 Å². The van der Waals surface area contributed by atoms with E-state index in [9.17, 15) is 71.7 Å². The van der Waals surface area contributed by atoms with E-state index >= 15 is 9.59 Å². The molecular formula is C74H85F2N7O21. The monoisotopic (exact) mass is 1450 g/mol. The number of Topliss-reactive ketones (excluding diaryl/α,β-unsaturated/α-hetero) is 1. The van der Waals surface area contributed by atoms with Crippen molar-refractivity contribution in [2.75, 3.05) is 13.2 Å². The number of halogens is 2. The van der Waals surface area contributed by atoms with Crippen molar-refractivity contribution >= 4 is 83.1 Å². The van der Waals surface area contributed by atoms with E-state index in [1.54, 1.807) is 54.6 Å². The van der Waals surface area contributed by atoms with Crippen molar-refractivity contribution in [2.24, 2.45) is 28.2 Å². The zero-order chi connectivity index (χ0) is 76.2. The van der Waals surface area contributed by atoms with Gasteiger partial charge in [-0.1, -0.05) is 86.6 Å². The lowest BCUT2D eigenvalue weighted by Crippen LogP contribution is -2.82. The van der Waals surface area contributed by atoms with Gasteiger partial charge < -0.3 is 76.7 Å². The number of carbonyl (C=O) groups excluding carboxylic acids is 13. The number of nitrogens with one attached hydrogen (secondary N) is 5. The van der Waals surface area contributed by atoms with E-state index in [1.165, 1.54) is 83.2 Å². The number of primary amides is 2. The lowest BCUT2D eigenvalue weighted by Gasteiger charge is -2.67. The standard InChI is InChI=1S/C74H85F2N7O21/c1-39-51(37-74(98)64(103-69(96)46-23-15-10-16-24-46)62-72(7,52(86)36-53-73(62,38-99-53)104-42(4)85)63(91)60(100-41(3)84)58(39)71(74,5)6)101-70(97)61(59(44-19-11-8-12-20-44)83-68(95)45-21-13-9-14-22-45)102-57(90)33-32-54(87)79-34-18-17-25-49(65(77)92)81-56(89)31-29-50(66(78)93)82-67(94)40(2)80-55(88)30-27-43-26-28-47(75)48(76)35-43/h8-16,19-24,26-28,30,35,40,49-53,59-62,64,86,98H,17-18,25,29,31-34,36-38H2,1-7H3,(H2,77,92)(H2,78,93)(H,79,87)(H,80,88)(H,81,89)(H,82,94)(H,83,95)/b30-27+/t40?,49?,50-,51-,52-,53+,59-,60+,61+,62-,64-,72+,73-,74+/m0/s1. The number of nitrogens with two attached hydrogens (primary N) is 2. The third-order valence-corrected chi connectivity index (χ3v) is 19.6. The van der Waals surface area contributed by atoms with Crippen LogP contribution in [0.3, 0.4) is 0 Å². The molecule has 0 radical (unpaired) electrons. The van der Waals surface area contributed by atoms with Gasteiger partial charge >= 0.3 is 29.8 Å². The highest BCUT2D eigenvalue weighted by Gasteiger charge is 2.78. The van der Waals surface area contributed by atoms with E-state index in [-0.39, 0.29) is 72.0 Å². The number of hydrogen-bond donors (Lipinski definition) is 9. The van der Waals surface area contributed by atoms with Gasteiger partial charge in [0.2, 0.25) is 41.5 Å². The highest BCUT2D eigenvalue weighted by Crippen LogP contribution is 2.64. The smallest absolute Gasteiger partial charge is 0.350 e. The summed E-state index contributed by atoms with van der Waals surface area (Å²) in [6.45, 7) is 8.74. The van der Waals surface area contributed by atoms with Crippen LogP contribution < -0.4 is 38.1 Å². The second-order valence-electron chi connectivity index (χ2n) is 26.9. The number of benzene rings is 4. The Kier molecular flexibility index (Phi) is 25.6. The molecule has 104 heavy (non-hydrogen) atoms. The Balaban J connectivity index is 0.977. The van der Waals surface area contributed by atoms with Crippen LogP contribution in [0.1, 0.15) is 144 Å². The van der Waals surface area contributed by atoms with Crippen molar-refractivity contribution in [1.82, 2.24) is 26.6 Å². The Hall–Kier alpha value is -10.6. The molecule has 0 spiro atoms. The summed E-state index contributed by atoms with van der Waals surface area (Å²) in [6, 6.07) is 20.7. The first-order valence-corrected chi connectivity index (χ1v) is 33.7. The Bertz CT molecular complexity index is 4010. The first kappa shape index (κ1) is 79.1. The zero-order valence-corrected chi connectivity index (χ0v) is 58.2. The van der Waals surface area contributed by atoms with Crippen LogP contribution in [0, 0.1) is 28.4 Å². The first-order valence-electron chi connectivity index (χ1n) is 33.7. The second-order valence-corrected chi connectivity index (χ2v) is 26.9. The molecule has 1 saturated heterocycles. The number of fused-ring (bicyclic) bond motifs is 5. The molecule has 2 bridgehead atoms. The summed E-state index contributed by atoms with van der Waals surface area (Å²) in [6.07, 6.45) is -11.1. The van der Waals surface area contributed by atoms with Gasteiger partial charge in [-0.15, -0.1) is 0 Å². The lowest BCUT2D eigenvalue weighted by atomic mass is 9.44. The largest absolute Gasteiger partial charge is 0.455 e. The third kappa shape index (κ3) is 17.9. The summed E-state index contributed by atoms with van der Waals surface area (Å²) >= 11 is 0. The number of hydrogen-bond acceptors (Lipinski definition) is 21. The average Bonchev–Trinajstić information content (AvgIpc) is 0.669. The van der Waals surface area contributed by atoms with Gasteiger partial charge in [-0.25, -0.2) is 18.4 Å². The molecule has 3 aliphatic carbocycles. The van der Waals surface area contributed by atoms with Crippen molar-refractivity contribution in [2.45, 2.75) is 178 Å². The number of aliphatic hydroxyl groups is 2. The van der Waals surface area contributed by atoms with Gasteiger partial charge in [-0.2, -0.15) is 0 Å². The Morgan fingerprint density at radius 2 is 1.35 bits per heavy atom. The van der Waals surface area contributed by atoms with Crippen LogP contribution >= 0.6 is 0 Å². The number of unbranched alkanes of at least 4 members (excludes halogenated alkanes) is 1. The molecule has 1 heterocycles. The van der Waals surface area contributed by atoms with E-state index in [1.807, 2.05) is 0 Å². The maximum Gasteiger partial charge on any atom is 0.350 e. The summed E-state index contributed by atoms with van der Waals surface area (Å²) in [5.41, 5.74) is 2.92. The van der Waals surface area contributed by atoms with E-state index in [0.29, 0.717) is 0 Å². The highest BCUT2D eigenvalue weighted by atomic mass is 19.2. The van der Waals surface area contributed by atoms with Crippen molar-refractivity contribution in [3.05, 3.63) is 160 Å². The molecule has 2 saturated carbocycles. The number of ether oxygens (including phenoxy) is 6. The lowest BCUT2D eigenvalue weighted by molar-refractivity contribution is -0.346. The molecule has 30 heteroatoms. The summed E-state index contributed by atoms with van der Waals surface area (Å²) < 4.78 is 63.8. The van der Waals surface area contributed by atoms with Crippen LogP contribution in [0.25, 0.3) is 6.08 Å². The Morgan fingerprint density at radius 3 is 1.94 bits per heavy atom. The van der Waals surface area contributed by atoms with E-state index < -0.39 is 210 Å². The normalized spacial score (nSPS) is 24.4. The number of aliphatic hydroxyl groups excluding tert-OH is 1. The van der Waals surface area contributed by atoms with Crippen LogP contribution in [0.5, 0.6) is 0 Å². The predicted molar refractivity (Wildman–Crippen MR) is 362 cm³/mol. The predicted octanol–water partition coefficient (Wildman–Crippen LogP) is 3.57. The fourth-order valence-corrected chi connectivity index (χ4v) is 14.0. The highest BCUT2D eigenvalue weighted by molar-refractivity contribution is 5.98. The SMILES string of the molecule is CC(=O)O[C@H]1C(=O)[C@@]2(C)[C@H]([C@H](OC(=O)c3ccccc3)[C@]3(O)C[C@H](OC(=O)[C@H](OC(=O)CCC(=O)NCCCCC(NC(=O)CC[C@H](NC(=O)C(C)NC(=O)/C=C/c4ccc(F)c(F)c4)C(N)=O)C(N)=O)[C@@H](NC(=O)c4ccccc4)c4ccccc4)C(C)=C1C3(C)C)[C@]1(OC(C)=O)CO[C@@H]1C[C@@H]2O. The van der Waals surface area contributed by atoms with Crippen molar-refractivity contribution in [3.63, 3.8) is 0 Å². The van der Waals surface area contributed by atoms with Gasteiger partial charge in [-0.3, -0.25) is 52.7 Å². The quantitative estimate of drug-likeness (QED) is 0.0118. The number of rotatable bonds is 30. The van der Waals surface area contributed by atoms with Gasteiger partial charge in [0, 0.05) is 63.1 Å². The molecule has 4 aromatic rings. The number of esters is 5. The molecule has 14 atom stereocenters. The van der Waals surface area contributed by atoms with Crippen molar-refractivity contribution < 1.29 is 110 Å². The number of carbonyl (C=O) groups is 13. The molecule has 0 aromatic heterocycles. The van der Waals surface area contributed by atoms with Crippen molar-refractivity contribution in [1.29, 1.82) is 0 Å². The minimum Gasteiger partial charge on any atom is -0.455 e. The van der Waals surface area contributed by atoms with Gasteiger partial charge in [0.25, 0.3) is 5.91 Å². The van der Waals surface area contributed by atoms with Gasteiger partial charge in [0.1, 0.15) is 48.1 Å². The Morgan fingerprint density at radius 1 is 0.721 bits per heavy atom. The molecule has 556 valence electrons. The molecule has 8 rings (SSSR count). The Labute approximate surface area is 597 Å².